The van der Waals surface area contributed by atoms with Crippen molar-refractivity contribution in [2.45, 2.75) is 0 Å². The molecule has 3 aromatic heterocycles. The van der Waals surface area contributed by atoms with Crippen molar-refractivity contribution in [3.63, 3.8) is 0 Å². The number of hydrogen-bond donors (Lipinski definition) is 1. The Kier molecular flexibility index (Phi) is 4.32. The molecule has 4 aromatic rings. The Bertz CT molecular complexity index is 1070. The van der Waals surface area contributed by atoms with Gasteiger partial charge in [-0.15, -0.1) is 22.7 Å². The number of carbonyl (C=O) groups excluding carboxylic acids is 1. The summed E-state index contributed by atoms with van der Waals surface area (Å²) in [5, 5.41) is 6.17. The van der Waals surface area contributed by atoms with Crippen LogP contribution in [-0.4, -0.2) is 18.0 Å². The molecule has 25 heavy (non-hydrogen) atoms. The Morgan fingerprint density at radius 3 is 2.92 bits per heavy atom. The largest absolute Gasteiger partial charge is 0.497 e. The van der Waals surface area contributed by atoms with Crippen LogP contribution in [0.5, 0.6) is 5.75 Å². The lowest BCUT2D eigenvalue weighted by molar-refractivity contribution is 0.103. The number of amides is 1. The van der Waals surface area contributed by atoms with E-state index < -0.39 is 0 Å². The maximum Gasteiger partial charge on any atom is 0.267 e. The SMILES string of the molecule is COc1ccc2cc(-c3csc(NC(=O)c4ccc(Br)s4)n3)oc2c1. The maximum atomic E-state index is 12.2. The lowest BCUT2D eigenvalue weighted by Crippen LogP contribution is -2.09. The third-order valence-corrected chi connectivity index (χ3v) is 5.88. The first-order chi connectivity index (χ1) is 12.1. The van der Waals surface area contributed by atoms with Crippen molar-refractivity contribution in [1.29, 1.82) is 0 Å². The highest BCUT2D eigenvalue weighted by atomic mass is 79.9. The minimum atomic E-state index is -0.175. The number of benzene rings is 1. The molecular weight excluding hydrogens is 424 g/mol. The van der Waals surface area contributed by atoms with Crippen LogP contribution in [0, 0.1) is 0 Å². The summed E-state index contributed by atoms with van der Waals surface area (Å²) in [6, 6.07) is 11.2. The molecule has 1 amide bonds. The minimum absolute atomic E-state index is 0.175. The smallest absolute Gasteiger partial charge is 0.267 e. The molecule has 0 radical (unpaired) electrons. The molecule has 5 nitrogen and oxygen atoms in total. The number of fused-ring (bicyclic) bond motifs is 1. The Morgan fingerprint density at radius 1 is 1.28 bits per heavy atom. The second kappa shape index (κ2) is 6.62. The number of aromatic nitrogens is 1. The Balaban J connectivity index is 1.57. The zero-order chi connectivity index (χ0) is 17.4. The topological polar surface area (TPSA) is 64.4 Å². The molecule has 0 aliphatic heterocycles. The highest BCUT2D eigenvalue weighted by molar-refractivity contribution is 9.11. The van der Waals surface area contributed by atoms with Crippen LogP contribution >= 0.6 is 38.6 Å². The van der Waals surface area contributed by atoms with E-state index in [1.54, 1.807) is 13.2 Å². The van der Waals surface area contributed by atoms with E-state index in [9.17, 15) is 4.79 Å². The molecule has 0 saturated heterocycles. The average molecular weight is 435 g/mol. The Morgan fingerprint density at radius 2 is 2.16 bits per heavy atom. The van der Waals surface area contributed by atoms with Crippen molar-refractivity contribution in [3.8, 4) is 17.2 Å². The third kappa shape index (κ3) is 3.33. The highest BCUT2D eigenvalue weighted by Gasteiger charge is 2.14. The van der Waals surface area contributed by atoms with Gasteiger partial charge in [-0.25, -0.2) is 4.98 Å². The van der Waals surface area contributed by atoms with Gasteiger partial charge in [-0.05, 0) is 46.3 Å². The normalized spacial score (nSPS) is 11.0. The highest BCUT2D eigenvalue weighted by Crippen LogP contribution is 2.32. The van der Waals surface area contributed by atoms with Crippen LogP contribution < -0.4 is 10.1 Å². The van der Waals surface area contributed by atoms with E-state index in [4.69, 9.17) is 9.15 Å². The van der Waals surface area contributed by atoms with Gasteiger partial charge in [0.15, 0.2) is 10.9 Å². The number of hydrogen-bond acceptors (Lipinski definition) is 6. The van der Waals surface area contributed by atoms with E-state index >= 15 is 0 Å². The number of thiophene rings is 1. The number of ether oxygens (including phenoxy) is 1. The zero-order valence-corrected chi connectivity index (χ0v) is 16.1. The van der Waals surface area contributed by atoms with Crippen LogP contribution in [0.3, 0.4) is 0 Å². The Hall–Kier alpha value is -2.16. The van der Waals surface area contributed by atoms with E-state index in [2.05, 4.69) is 26.2 Å². The number of rotatable bonds is 4. The van der Waals surface area contributed by atoms with E-state index in [1.165, 1.54) is 22.7 Å². The van der Waals surface area contributed by atoms with Crippen LogP contribution in [-0.2, 0) is 0 Å². The Labute approximate surface area is 159 Å². The van der Waals surface area contributed by atoms with Gasteiger partial charge >= 0.3 is 0 Å². The number of anilines is 1. The maximum absolute atomic E-state index is 12.2. The van der Waals surface area contributed by atoms with Crippen molar-refractivity contribution in [2.75, 3.05) is 12.4 Å². The minimum Gasteiger partial charge on any atom is -0.497 e. The monoisotopic (exact) mass is 434 g/mol. The average Bonchev–Trinajstić information content (AvgIpc) is 3.32. The first-order valence-electron chi connectivity index (χ1n) is 7.22. The number of nitrogens with one attached hydrogen (secondary N) is 1. The van der Waals surface area contributed by atoms with Gasteiger partial charge in [-0.3, -0.25) is 10.1 Å². The molecule has 0 bridgehead atoms. The van der Waals surface area contributed by atoms with Crippen LogP contribution in [0.1, 0.15) is 9.67 Å². The van der Waals surface area contributed by atoms with Crippen molar-refractivity contribution in [3.05, 3.63) is 50.4 Å². The second-order valence-electron chi connectivity index (χ2n) is 5.11. The lowest BCUT2D eigenvalue weighted by atomic mass is 10.2. The first-order valence-corrected chi connectivity index (χ1v) is 9.71. The number of carbonyl (C=O) groups is 1. The summed E-state index contributed by atoms with van der Waals surface area (Å²) in [4.78, 5) is 17.3. The molecule has 0 spiro atoms. The van der Waals surface area contributed by atoms with Gasteiger partial charge in [-0.1, -0.05) is 0 Å². The lowest BCUT2D eigenvalue weighted by Gasteiger charge is -1.97. The summed E-state index contributed by atoms with van der Waals surface area (Å²) in [7, 11) is 1.62. The molecule has 0 fully saturated rings. The summed E-state index contributed by atoms with van der Waals surface area (Å²) < 4.78 is 12.0. The van der Waals surface area contributed by atoms with Crippen molar-refractivity contribution in [2.24, 2.45) is 0 Å². The molecule has 1 N–H and O–H groups in total. The van der Waals surface area contributed by atoms with Crippen molar-refractivity contribution in [1.82, 2.24) is 4.98 Å². The van der Waals surface area contributed by atoms with Crippen LogP contribution in [0.25, 0.3) is 22.4 Å². The number of nitrogens with zero attached hydrogens (tertiary/aromatic N) is 1. The molecule has 0 aliphatic carbocycles. The first kappa shape index (κ1) is 16.3. The molecule has 0 saturated carbocycles. The molecule has 126 valence electrons. The van der Waals surface area contributed by atoms with Gasteiger partial charge in [0.2, 0.25) is 0 Å². The quantitative estimate of drug-likeness (QED) is 0.451. The fourth-order valence-corrected chi connectivity index (χ4v) is 4.28. The van der Waals surface area contributed by atoms with Gasteiger partial charge in [-0.2, -0.15) is 0 Å². The van der Waals surface area contributed by atoms with E-state index in [0.717, 1.165) is 20.5 Å². The molecule has 0 atom stereocenters. The summed E-state index contributed by atoms with van der Waals surface area (Å²) in [5.74, 6) is 1.21. The molecule has 8 heteroatoms. The predicted octanol–water partition coefficient (Wildman–Crippen LogP) is 5.64. The number of furan rings is 1. The predicted molar refractivity (Wildman–Crippen MR) is 104 cm³/mol. The van der Waals surface area contributed by atoms with Gasteiger partial charge in [0.25, 0.3) is 5.91 Å². The van der Waals surface area contributed by atoms with Crippen molar-refractivity contribution >= 4 is 60.6 Å². The summed E-state index contributed by atoms with van der Waals surface area (Å²) in [5.41, 5.74) is 1.42. The number of methoxy groups -OCH3 is 1. The summed E-state index contributed by atoms with van der Waals surface area (Å²) in [6.07, 6.45) is 0. The fourth-order valence-electron chi connectivity index (χ4n) is 2.30. The number of thiazole rings is 1. The third-order valence-electron chi connectivity index (χ3n) is 3.50. The molecule has 0 aliphatic rings. The van der Waals surface area contributed by atoms with Gasteiger partial charge in [0, 0.05) is 16.8 Å². The second-order valence-corrected chi connectivity index (χ2v) is 8.43. The summed E-state index contributed by atoms with van der Waals surface area (Å²) >= 11 is 6.08. The van der Waals surface area contributed by atoms with Gasteiger partial charge in [0.1, 0.15) is 17.0 Å². The molecule has 4 rings (SSSR count). The molecule has 1 aromatic carbocycles. The number of halogens is 1. The van der Waals surface area contributed by atoms with Crippen LogP contribution in [0.15, 0.2) is 50.0 Å². The van der Waals surface area contributed by atoms with E-state index in [1.807, 2.05) is 35.7 Å². The van der Waals surface area contributed by atoms with Crippen LogP contribution in [0.2, 0.25) is 0 Å². The van der Waals surface area contributed by atoms with Gasteiger partial charge < -0.3 is 9.15 Å². The van der Waals surface area contributed by atoms with E-state index in [-0.39, 0.29) is 5.91 Å². The molecule has 0 unspecified atom stereocenters. The van der Waals surface area contributed by atoms with Crippen molar-refractivity contribution < 1.29 is 13.9 Å². The summed E-state index contributed by atoms with van der Waals surface area (Å²) in [6.45, 7) is 0. The fraction of sp³-hybridized carbons (Fsp3) is 0.0588. The standard InChI is InChI=1S/C17H11BrN2O3S2/c1-22-10-3-2-9-6-13(23-12(9)7-10)11-8-24-17(19-11)20-16(21)14-4-5-15(18)25-14/h2-8H,1H3,(H,19,20,21). The zero-order valence-electron chi connectivity index (χ0n) is 12.9. The van der Waals surface area contributed by atoms with Crippen LogP contribution in [0.4, 0.5) is 5.13 Å². The molecular formula is C17H11BrN2O3S2. The van der Waals surface area contributed by atoms with Gasteiger partial charge in [0.05, 0.1) is 15.8 Å². The van der Waals surface area contributed by atoms with E-state index in [0.29, 0.717) is 21.5 Å². The molecule has 3 heterocycles.